The number of hydrogen-bond donors (Lipinski definition) is 2. The molecular formula is C17H20N2O3. The lowest BCUT2D eigenvalue weighted by Crippen LogP contribution is -2.26. The van der Waals surface area contributed by atoms with E-state index in [2.05, 4.69) is 33.6 Å². The van der Waals surface area contributed by atoms with E-state index in [-0.39, 0.29) is 5.91 Å². The van der Waals surface area contributed by atoms with Crippen molar-refractivity contribution >= 4 is 17.7 Å². The number of para-hydroxylation sites is 1. The average molecular weight is 300 g/mol. The summed E-state index contributed by atoms with van der Waals surface area (Å²) in [5, 5.41) is 5.41. The Morgan fingerprint density at radius 3 is 2.77 bits per heavy atom. The fourth-order valence-electron chi connectivity index (χ4n) is 2.22. The van der Waals surface area contributed by atoms with Crippen molar-refractivity contribution in [3.63, 3.8) is 0 Å². The molecule has 0 aromatic heterocycles. The minimum Gasteiger partial charge on any atom is -0.453 e. The first-order chi connectivity index (χ1) is 10.7. The highest BCUT2D eigenvalue weighted by atomic mass is 16.5. The predicted molar refractivity (Wildman–Crippen MR) is 85.9 cm³/mol. The van der Waals surface area contributed by atoms with E-state index in [1.54, 1.807) is 24.3 Å². The molecule has 0 heterocycles. The van der Waals surface area contributed by atoms with Crippen molar-refractivity contribution in [3.8, 4) is 0 Å². The maximum absolute atomic E-state index is 12.2. The minimum atomic E-state index is -0.599. The van der Waals surface area contributed by atoms with Gasteiger partial charge in [-0.05, 0) is 31.4 Å². The highest BCUT2D eigenvalue weighted by Gasteiger charge is 2.12. The normalized spacial score (nSPS) is 13.2. The Bertz CT molecular complexity index is 606. The number of nitrogens with one attached hydrogen (secondary N) is 2. The molecule has 0 fully saturated rings. The topological polar surface area (TPSA) is 67.4 Å². The Morgan fingerprint density at radius 2 is 2.05 bits per heavy atom. The number of carbonyl (C=O) groups excluding carboxylic acids is 2. The molecule has 1 aliphatic carbocycles. The Labute approximate surface area is 130 Å². The lowest BCUT2D eigenvalue weighted by Gasteiger charge is -2.11. The van der Waals surface area contributed by atoms with E-state index in [0.29, 0.717) is 17.8 Å². The van der Waals surface area contributed by atoms with Crippen LogP contribution in [-0.4, -0.2) is 25.7 Å². The summed E-state index contributed by atoms with van der Waals surface area (Å²) in [5.74, 6) is -0.215. The van der Waals surface area contributed by atoms with Gasteiger partial charge in [-0.15, -0.1) is 0 Å². The van der Waals surface area contributed by atoms with Crippen LogP contribution >= 0.6 is 0 Å². The molecule has 0 unspecified atom stereocenters. The third-order valence-electron chi connectivity index (χ3n) is 3.36. The second-order valence-corrected chi connectivity index (χ2v) is 4.93. The maximum Gasteiger partial charge on any atom is 0.411 e. The van der Waals surface area contributed by atoms with Crippen LogP contribution in [0.25, 0.3) is 0 Å². The second-order valence-electron chi connectivity index (χ2n) is 4.93. The molecule has 22 heavy (non-hydrogen) atoms. The van der Waals surface area contributed by atoms with Gasteiger partial charge in [-0.2, -0.15) is 0 Å². The molecule has 2 rings (SSSR count). The number of amides is 2. The van der Waals surface area contributed by atoms with Gasteiger partial charge in [-0.25, -0.2) is 4.79 Å². The molecule has 0 aliphatic heterocycles. The van der Waals surface area contributed by atoms with Gasteiger partial charge in [0.15, 0.2) is 0 Å². The number of ether oxygens (including phenoxy) is 1. The number of rotatable bonds is 5. The van der Waals surface area contributed by atoms with E-state index in [0.717, 1.165) is 19.3 Å². The van der Waals surface area contributed by atoms with Crippen molar-refractivity contribution in [2.75, 3.05) is 19.0 Å². The molecule has 0 saturated heterocycles. The van der Waals surface area contributed by atoms with Gasteiger partial charge in [-0.3, -0.25) is 10.1 Å². The first-order valence-electron chi connectivity index (χ1n) is 7.28. The predicted octanol–water partition coefficient (Wildman–Crippen LogP) is 3.26. The van der Waals surface area contributed by atoms with Crippen LogP contribution in [0.5, 0.6) is 0 Å². The molecule has 1 aromatic carbocycles. The van der Waals surface area contributed by atoms with Crippen LogP contribution in [0.3, 0.4) is 0 Å². The van der Waals surface area contributed by atoms with Gasteiger partial charge < -0.3 is 10.1 Å². The minimum absolute atomic E-state index is 0.215. The van der Waals surface area contributed by atoms with Gasteiger partial charge in [-0.1, -0.05) is 35.9 Å². The van der Waals surface area contributed by atoms with E-state index >= 15 is 0 Å². The molecule has 2 N–H and O–H groups in total. The monoisotopic (exact) mass is 300 g/mol. The van der Waals surface area contributed by atoms with Crippen LogP contribution in [0.4, 0.5) is 10.5 Å². The van der Waals surface area contributed by atoms with Gasteiger partial charge in [0.2, 0.25) is 0 Å². The van der Waals surface area contributed by atoms with E-state index in [1.165, 1.54) is 12.7 Å². The lowest BCUT2D eigenvalue weighted by molar-refractivity contribution is 0.0955. The average Bonchev–Trinajstić information content (AvgIpc) is 2.56. The number of carbonyl (C=O) groups is 2. The highest BCUT2D eigenvalue weighted by molar-refractivity contribution is 6.02. The fraction of sp³-hybridized carbons (Fsp3) is 0.294. The summed E-state index contributed by atoms with van der Waals surface area (Å²) in [5.41, 5.74) is 2.09. The van der Waals surface area contributed by atoms with Crippen LogP contribution in [0.1, 0.15) is 29.6 Å². The standard InChI is InChI=1S/C17H20N2O3/c1-22-17(21)19-15-10-6-5-9-14(15)16(20)18-12-11-13-7-3-2-4-8-13/h3,5-10H,2,4,11-12H2,1H3,(H,18,20)(H,19,21). The van der Waals surface area contributed by atoms with E-state index in [1.807, 2.05) is 0 Å². The van der Waals surface area contributed by atoms with Crippen molar-refractivity contribution in [1.29, 1.82) is 0 Å². The number of allylic oxidation sites excluding steroid dienone is 3. The Hall–Kier alpha value is -2.56. The third-order valence-corrected chi connectivity index (χ3v) is 3.36. The molecule has 116 valence electrons. The summed E-state index contributed by atoms with van der Waals surface area (Å²) in [6.07, 6.45) is 8.79. The molecule has 0 bridgehead atoms. The maximum atomic E-state index is 12.2. The van der Waals surface area contributed by atoms with E-state index < -0.39 is 6.09 Å². The van der Waals surface area contributed by atoms with Gasteiger partial charge in [0.25, 0.3) is 5.91 Å². The molecule has 1 aromatic rings. The van der Waals surface area contributed by atoms with Gasteiger partial charge in [0, 0.05) is 6.54 Å². The van der Waals surface area contributed by atoms with Crippen molar-refractivity contribution in [1.82, 2.24) is 5.32 Å². The van der Waals surface area contributed by atoms with Crippen molar-refractivity contribution in [2.45, 2.75) is 19.3 Å². The summed E-state index contributed by atoms with van der Waals surface area (Å²) < 4.78 is 4.55. The highest BCUT2D eigenvalue weighted by Crippen LogP contribution is 2.16. The molecule has 0 spiro atoms. The first kappa shape index (κ1) is 15.8. The summed E-state index contributed by atoms with van der Waals surface area (Å²) in [6, 6.07) is 6.84. The molecular weight excluding hydrogens is 280 g/mol. The molecule has 0 atom stereocenters. The number of benzene rings is 1. The molecule has 1 aliphatic rings. The molecule has 2 amide bonds. The molecule has 0 saturated carbocycles. The molecule has 5 heteroatoms. The van der Waals surface area contributed by atoms with Crippen molar-refractivity contribution in [3.05, 3.63) is 53.6 Å². The third kappa shape index (κ3) is 4.48. The zero-order valence-electron chi connectivity index (χ0n) is 12.6. The number of anilines is 1. The van der Waals surface area contributed by atoms with Gasteiger partial charge in [0.05, 0.1) is 18.4 Å². The van der Waals surface area contributed by atoms with Crippen LogP contribution in [-0.2, 0) is 4.74 Å². The lowest BCUT2D eigenvalue weighted by atomic mass is 10.0. The van der Waals surface area contributed by atoms with Crippen molar-refractivity contribution < 1.29 is 14.3 Å². The smallest absolute Gasteiger partial charge is 0.411 e. The van der Waals surface area contributed by atoms with Gasteiger partial charge in [0.1, 0.15) is 0 Å². The second kappa shape index (κ2) is 8.02. The first-order valence-corrected chi connectivity index (χ1v) is 7.28. The van der Waals surface area contributed by atoms with E-state index in [4.69, 9.17) is 0 Å². The summed E-state index contributed by atoms with van der Waals surface area (Å²) >= 11 is 0. The summed E-state index contributed by atoms with van der Waals surface area (Å²) in [6.45, 7) is 0.557. The molecule has 0 radical (unpaired) electrons. The van der Waals surface area contributed by atoms with Gasteiger partial charge >= 0.3 is 6.09 Å². The zero-order chi connectivity index (χ0) is 15.8. The number of hydrogen-bond acceptors (Lipinski definition) is 3. The fourth-order valence-corrected chi connectivity index (χ4v) is 2.22. The van der Waals surface area contributed by atoms with E-state index in [9.17, 15) is 9.59 Å². The van der Waals surface area contributed by atoms with Crippen LogP contribution in [0, 0.1) is 0 Å². The SMILES string of the molecule is COC(=O)Nc1ccccc1C(=O)NCCC1=CCCC=C1. The van der Waals surface area contributed by atoms with Crippen LogP contribution in [0.15, 0.2) is 48.1 Å². The zero-order valence-corrected chi connectivity index (χ0v) is 12.6. The largest absolute Gasteiger partial charge is 0.453 e. The van der Waals surface area contributed by atoms with Crippen molar-refractivity contribution in [2.24, 2.45) is 0 Å². The summed E-state index contributed by atoms with van der Waals surface area (Å²) in [7, 11) is 1.28. The Balaban J connectivity index is 1.93. The quantitative estimate of drug-likeness (QED) is 0.877. The Morgan fingerprint density at radius 1 is 1.23 bits per heavy atom. The van der Waals surface area contributed by atoms with Crippen LogP contribution < -0.4 is 10.6 Å². The molecule has 5 nitrogen and oxygen atoms in total. The van der Waals surface area contributed by atoms with Crippen LogP contribution in [0.2, 0.25) is 0 Å². The Kier molecular flexibility index (Phi) is 5.77. The number of methoxy groups -OCH3 is 1. The summed E-state index contributed by atoms with van der Waals surface area (Å²) in [4.78, 5) is 23.5.